The maximum atomic E-state index is 12.6. The number of alkyl halides is 3. The summed E-state index contributed by atoms with van der Waals surface area (Å²) in [5.41, 5.74) is 3.70. The van der Waals surface area contributed by atoms with Crippen molar-refractivity contribution in [3.8, 4) is 0 Å². The van der Waals surface area contributed by atoms with Gasteiger partial charge in [-0.2, -0.15) is 13.2 Å². The zero-order valence-corrected chi connectivity index (χ0v) is 14.5. The topological polar surface area (TPSA) is 105 Å². The van der Waals surface area contributed by atoms with E-state index in [1.165, 1.54) is 0 Å². The molecule has 2 heterocycles. The van der Waals surface area contributed by atoms with Gasteiger partial charge in [0.1, 0.15) is 11.5 Å². The van der Waals surface area contributed by atoms with Crippen molar-refractivity contribution in [2.75, 3.05) is 11.9 Å². The van der Waals surface area contributed by atoms with Crippen LogP contribution in [0.3, 0.4) is 0 Å². The molecule has 0 spiro atoms. The number of nitrogens with zero attached hydrogens (tertiary/aromatic N) is 2. The molecule has 3 rings (SSSR count). The van der Waals surface area contributed by atoms with Crippen molar-refractivity contribution in [3.63, 3.8) is 0 Å². The SMILES string of the molecule is O=C(NNC(=O)C1CC1)C1=NO[C@@H](CNc2ncc(C(F)(F)F)cc2Cl)C1. The van der Waals surface area contributed by atoms with E-state index in [1.54, 1.807) is 0 Å². The Bertz CT molecular complexity index is 782. The lowest BCUT2D eigenvalue weighted by atomic mass is 10.1. The van der Waals surface area contributed by atoms with Crippen LogP contribution in [0.5, 0.6) is 0 Å². The summed E-state index contributed by atoms with van der Waals surface area (Å²) in [5.74, 6) is -0.825. The van der Waals surface area contributed by atoms with Crippen molar-refractivity contribution >= 4 is 34.9 Å². The summed E-state index contributed by atoms with van der Waals surface area (Å²) >= 11 is 5.80. The number of carbonyl (C=O) groups is 2. The van der Waals surface area contributed by atoms with E-state index in [0.717, 1.165) is 18.9 Å². The lowest BCUT2D eigenvalue weighted by Crippen LogP contribution is -2.45. The second-order valence-electron chi connectivity index (χ2n) is 6.12. The number of pyridine rings is 1. The molecule has 1 aromatic rings. The summed E-state index contributed by atoms with van der Waals surface area (Å²) in [6, 6.07) is 0.768. The van der Waals surface area contributed by atoms with E-state index in [2.05, 4.69) is 26.3 Å². The smallest absolute Gasteiger partial charge is 0.390 e. The highest BCUT2D eigenvalue weighted by atomic mass is 35.5. The van der Waals surface area contributed by atoms with Crippen LogP contribution in [0.4, 0.5) is 19.0 Å². The quantitative estimate of drug-likeness (QED) is 0.649. The molecule has 3 N–H and O–H groups in total. The Kier molecular flexibility index (Phi) is 5.40. The minimum absolute atomic E-state index is 0.0509. The van der Waals surface area contributed by atoms with E-state index in [-0.39, 0.29) is 41.3 Å². The van der Waals surface area contributed by atoms with E-state index in [0.29, 0.717) is 6.20 Å². The molecule has 1 aliphatic carbocycles. The molecule has 27 heavy (non-hydrogen) atoms. The minimum Gasteiger partial charge on any atom is -0.390 e. The van der Waals surface area contributed by atoms with E-state index < -0.39 is 23.8 Å². The van der Waals surface area contributed by atoms with E-state index in [1.807, 2.05) is 0 Å². The van der Waals surface area contributed by atoms with Crippen LogP contribution >= 0.6 is 11.6 Å². The number of hydrogen-bond acceptors (Lipinski definition) is 6. The van der Waals surface area contributed by atoms with E-state index in [9.17, 15) is 22.8 Å². The number of oxime groups is 1. The third-order valence-corrected chi connectivity index (χ3v) is 4.20. The molecule has 2 amide bonds. The van der Waals surface area contributed by atoms with Gasteiger partial charge in [0.15, 0.2) is 6.10 Å². The fourth-order valence-electron chi connectivity index (χ4n) is 2.24. The third-order valence-electron chi connectivity index (χ3n) is 3.91. The lowest BCUT2D eigenvalue weighted by molar-refractivity contribution is -0.137. The molecule has 146 valence electrons. The number of anilines is 1. The highest BCUT2D eigenvalue weighted by molar-refractivity contribution is 6.39. The van der Waals surface area contributed by atoms with Gasteiger partial charge in [-0.15, -0.1) is 0 Å². The second-order valence-corrected chi connectivity index (χ2v) is 6.53. The van der Waals surface area contributed by atoms with Gasteiger partial charge in [0.25, 0.3) is 5.91 Å². The Balaban J connectivity index is 1.45. The molecule has 0 unspecified atom stereocenters. The Morgan fingerprint density at radius 3 is 2.67 bits per heavy atom. The highest BCUT2D eigenvalue weighted by Crippen LogP contribution is 2.32. The second kappa shape index (κ2) is 7.59. The Morgan fingerprint density at radius 2 is 2.04 bits per heavy atom. The first kappa shape index (κ1) is 19.2. The number of hydrazine groups is 1. The van der Waals surface area contributed by atoms with E-state index in [4.69, 9.17) is 16.4 Å². The minimum atomic E-state index is -4.53. The standard InChI is InChI=1S/C15H15ClF3N5O3/c16-10-3-8(15(17,18)19)5-20-12(10)21-6-9-4-11(24-27-9)14(26)23-22-13(25)7-1-2-7/h3,5,7,9H,1-2,4,6H2,(H,20,21)(H,22,25)(H,23,26)/t9-/m1/s1. The van der Waals surface area contributed by atoms with Crippen molar-refractivity contribution in [2.24, 2.45) is 11.1 Å². The Labute approximate surface area is 156 Å². The van der Waals surface area contributed by atoms with Crippen LogP contribution in [0.1, 0.15) is 24.8 Å². The first-order valence-electron chi connectivity index (χ1n) is 8.03. The van der Waals surface area contributed by atoms with Gasteiger partial charge in [0.05, 0.1) is 17.1 Å². The molecule has 1 aliphatic heterocycles. The van der Waals surface area contributed by atoms with Crippen LogP contribution < -0.4 is 16.2 Å². The number of halogens is 4. The molecular formula is C15H15ClF3N5O3. The van der Waals surface area contributed by atoms with Crippen molar-refractivity contribution in [3.05, 3.63) is 22.8 Å². The number of rotatable bonds is 5. The number of amides is 2. The van der Waals surface area contributed by atoms with Crippen molar-refractivity contribution in [1.82, 2.24) is 15.8 Å². The first-order valence-corrected chi connectivity index (χ1v) is 8.41. The average molecular weight is 406 g/mol. The molecule has 1 saturated carbocycles. The number of hydrogen-bond donors (Lipinski definition) is 3. The molecule has 1 aromatic heterocycles. The molecule has 8 nitrogen and oxygen atoms in total. The van der Waals surface area contributed by atoms with Gasteiger partial charge >= 0.3 is 6.18 Å². The van der Waals surface area contributed by atoms with Gasteiger partial charge in [0.2, 0.25) is 5.91 Å². The monoisotopic (exact) mass is 405 g/mol. The summed E-state index contributed by atoms with van der Waals surface area (Å²) in [6.45, 7) is 0.118. The van der Waals surface area contributed by atoms with Gasteiger partial charge in [-0.1, -0.05) is 16.8 Å². The normalized spacial score (nSPS) is 19.1. The molecule has 0 saturated heterocycles. The molecule has 1 atom stereocenters. The van der Waals surface area contributed by atoms with Crippen LogP contribution in [0, 0.1) is 5.92 Å². The summed E-state index contributed by atoms with van der Waals surface area (Å²) in [6.07, 6.45) is -2.64. The largest absolute Gasteiger partial charge is 0.417 e. The van der Waals surface area contributed by atoms with Crippen molar-refractivity contribution in [1.29, 1.82) is 0 Å². The fourth-order valence-corrected chi connectivity index (χ4v) is 2.48. The molecule has 0 radical (unpaired) electrons. The van der Waals surface area contributed by atoms with Gasteiger partial charge in [0, 0.05) is 18.5 Å². The van der Waals surface area contributed by atoms with Gasteiger partial charge in [-0.25, -0.2) is 4.98 Å². The first-order chi connectivity index (χ1) is 12.7. The highest BCUT2D eigenvalue weighted by Gasteiger charge is 2.32. The summed E-state index contributed by atoms with van der Waals surface area (Å²) in [5, 5.41) is 6.21. The predicted octanol–water partition coefficient (Wildman–Crippen LogP) is 1.87. The number of aromatic nitrogens is 1. The van der Waals surface area contributed by atoms with Crippen LogP contribution in [0.2, 0.25) is 5.02 Å². The zero-order valence-electron chi connectivity index (χ0n) is 13.8. The van der Waals surface area contributed by atoms with Gasteiger partial charge in [-0.3, -0.25) is 20.4 Å². The summed E-state index contributed by atoms with van der Waals surface area (Å²) in [7, 11) is 0. The van der Waals surface area contributed by atoms with Gasteiger partial charge in [-0.05, 0) is 18.9 Å². The van der Waals surface area contributed by atoms with Crippen LogP contribution in [-0.2, 0) is 20.6 Å². The van der Waals surface area contributed by atoms with Crippen LogP contribution in [0.25, 0.3) is 0 Å². The predicted molar refractivity (Wildman–Crippen MR) is 88.7 cm³/mol. The molecule has 12 heteroatoms. The van der Waals surface area contributed by atoms with Crippen molar-refractivity contribution < 1.29 is 27.6 Å². The Morgan fingerprint density at radius 1 is 1.30 bits per heavy atom. The third kappa shape index (κ3) is 5.00. The molecule has 2 aliphatic rings. The number of nitrogens with one attached hydrogen (secondary N) is 3. The number of carbonyl (C=O) groups excluding carboxylic acids is 2. The maximum Gasteiger partial charge on any atom is 0.417 e. The van der Waals surface area contributed by atoms with Crippen LogP contribution in [0.15, 0.2) is 17.4 Å². The average Bonchev–Trinajstić information content (AvgIpc) is 3.36. The fraction of sp³-hybridized carbons (Fsp3) is 0.467. The summed E-state index contributed by atoms with van der Waals surface area (Å²) < 4.78 is 37.8. The summed E-state index contributed by atoms with van der Waals surface area (Å²) in [4.78, 5) is 32.1. The Hall–Kier alpha value is -2.56. The van der Waals surface area contributed by atoms with Crippen molar-refractivity contribution in [2.45, 2.75) is 31.5 Å². The maximum absolute atomic E-state index is 12.6. The molecule has 1 fully saturated rings. The van der Waals surface area contributed by atoms with E-state index >= 15 is 0 Å². The molecular weight excluding hydrogens is 391 g/mol. The van der Waals surface area contributed by atoms with Crippen LogP contribution in [-0.4, -0.2) is 35.2 Å². The molecule has 0 aromatic carbocycles. The lowest BCUT2D eigenvalue weighted by Gasteiger charge is -2.13. The zero-order chi connectivity index (χ0) is 19.6. The van der Waals surface area contributed by atoms with Gasteiger partial charge < -0.3 is 10.2 Å². The molecule has 0 bridgehead atoms.